The molecule has 0 heterocycles. The summed E-state index contributed by atoms with van der Waals surface area (Å²) in [7, 11) is 1.63. The van der Waals surface area contributed by atoms with E-state index >= 15 is 0 Å². The van der Waals surface area contributed by atoms with Gasteiger partial charge in [0.05, 0.1) is 7.11 Å². The molecule has 1 aromatic rings. The monoisotopic (exact) mass is 245 g/mol. The second-order valence-corrected chi connectivity index (χ2v) is 5.48. The summed E-state index contributed by atoms with van der Waals surface area (Å²) in [6.07, 6.45) is 5.14. The third-order valence-corrected chi connectivity index (χ3v) is 4.41. The van der Waals surface area contributed by atoms with E-state index in [1.54, 1.807) is 7.11 Å². The van der Waals surface area contributed by atoms with Crippen molar-refractivity contribution in [1.82, 2.24) is 5.32 Å². The molecule has 1 N–H and O–H groups in total. The van der Waals surface area contributed by atoms with Gasteiger partial charge in [-0.25, -0.2) is 0 Å². The van der Waals surface area contributed by atoms with Crippen LogP contribution in [0.15, 0.2) is 24.3 Å². The van der Waals surface area contributed by atoms with Crippen LogP contribution in [-0.4, -0.2) is 19.1 Å². The van der Waals surface area contributed by atoms with Crippen LogP contribution in [-0.2, 0) is 0 Å². The molecule has 3 nitrogen and oxygen atoms in total. The first kappa shape index (κ1) is 11.6. The summed E-state index contributed by atoms with van der Waals surface area (Å²) >= 11 is 0. The van der Waals surface area contributed by atoms with E-state index in [9.17, 15) is 4.79 Å². The molecular weight excluding hydrogens is 226 g/mol. The first-order valence-corrected chi connectivity index (χ1v) is 6.71. The molecule has 0 unspecified atom stereocenters. The molecule has 3 heteroatoms. The van der Waals surface area contributed by atoms with E-state index in [-0.39, 0.29) is 5.91 Å². The number of hydrogen-bond donors (Lipinski definition) is 1. The van der Waals surface area contributed by atoms with E-state index in [0.29, 0.717) is 6.04 Å². The normalized spacial score (nSPS) is 29.3. The number of rotatable bonds is 3. The summed E-state index contributed by atoms with van der Waals surface area (Å²) in [4.78, 5) is 12.1. The van der Waals surface area contributed by atoms with Crippen LogP contribution in [0.4, 0.5) is 0 Å². The van der Waals surface area contributed by atoms with Gasteiger partial charge in [-0.3, -0.25) is 4.79 Å². The molecule has 2 saturated carbocycles. The second-order valence-electron chi connectivity index (χ2n) is 5.48. The molecule has 3 atom stereocenters. The van der Waals surface area contributed by atoms with Crippen LogP contribution in [0.2, 0.25) is 0 Å². The van der Waals surface area contributed by atoms with Gasteiger partial charge >= 0.3 is 0 Å². The van der Waals surface area contributed by atoms with Crippen molar-refractivity contribution in [2.75, 3.05) is 7.11 Å². The zero-order chi connectivity index (χ0) is 12.5. The fourth-order valence-electron chi connectivity index (χ4n) is 3.42. The first-order chi connectivity index (χ1) is 8.76. The zero-order valence-electron chi connectivity index (χ0n) is 10.7. The highest BCUT2D eigenvalue weighted by atomic mass is 16.5. The molecule has 3 rings (SSSR count). The summed E-state index contributed by atoms with van der Waals surface area (Å²) in [5, 5.41) is 3.18. The van der Waals surface area contributed by atoms with Crippen LogP contribution in [0, 0.1) is 11.8 Å². The van der Waals surface area contributed by atoms with Gasteiger partial charge < -0.3 is 10.1 Å². The van der Waals surface area contributed by atoms with E-state index in [1.807, 2.05) is 24.3 Å². The molecule has 0 aliphatic heterocycles. The lowest BCUT2D eigenvalue weighted by atomic mass is 9.95. The number of nitrogens with one attached hydrogen (secondary N) is 1. The second kappa shape index (κ2) is 4.63. The van der Waals surface area contributed by atoms with Crippen molar-refractivity contribution in [3.8, 4) is 5.75 Å². The summed E-state index contributed by atoms with van der Waals surface area (Å²) in [6, 6.07) is 7.70. The van der Waals surface area contributed by atoms with Gasteiger partial charge in [0.15, 0.2) is 0 Å². The van der Waals surface area contributed by atoms with Crippen molar-refractivity contribution < 1.29 is 9.53 Å². The Balaban J connectivity index is 1.64. The van der Waals surface area contributed by atoms with Crippen molar-refractivity contribution in [1.29, 1.82) is 0 Å². The predicted molar refractivity (Wildman–Crippen MR) is 69.7 cm³/mol. The van der Waals surface area contributed by atoms with Gasteiger partial charge in [-0.05, 0) is 55.4 Å². The third-order valence-electron chi connectivity index (χ3n) is 4.41. The van der Waals surface area contributed by atoms with E-state index < -0.39 is 0 Å². The van der Waals surface area contributed by atoms with Crippen LogP contribution < -0.4 is 10.1 Å². The van der Waals surface area contributed by atoms with Gasteiger partial charge in [0, 0.05) is 11.6 Å². The molecule has 2 fully saturated rings. The van der Waals surface area contributed by atoms with Crippen LogP contribution in [0.3, 0.4) is 0 Å². The number of carbonyl (C=O) groups is 1. The number of hydrogen-bond acceptors (Lipinski definition) is 2. The van der Waals surface area contributed by atoms with Crippen LogP contribution >= 0.6 is 0 Å². The minimum absolute atomic E-state index is 0.0511. The van der Waals surface area contributed by atoms with Gasteiger partial charge in [-0.1, -0.05) is 6.42 Å². The maximum absolute atomic E-state index is 12.1. The van der Waals surface area contributed by atoms with E-state index in [1.165, 1.54) is 25.7 Å². The van der Waals surface area contributed by atoms with Gasteiger partial charge in [-0.2, -0.15) is 0 Å². The number of methoxy groups -OCH3 is 1. The van der Waals surface area contributed by atoms with Gasteiger partial charge in [0.2, 0.25) is 0 Å². The first-order valence-electron chi connectivity index (χ1n) is 6.71. The average Bonchev–Trinajstić information content (AvgIpc) is 3.01. The summed E-state index contributed by atoms with van der Waals surface area (Å²) in [5.74, 6) is 2.41. The molecular formula is C15H19NO2. The molecule has 0 spiro atoms. The Kier molecular flexibility index (Phi) is 2.98. The van der Waals surface area contributed by atoms with Crippen molar-refractivity contribution in [3.63, 3.8) is 0 Å². The Morgan fingerprint density at radius 2 is 2.00 bits per heavy atom. The standard InChI is InChI=1S/C15H19NO2/c1-18-13-6-4-11(5-7-13)15(17)16-14-9-10-2-3-12(14)8-10/h4-7,10,12,14H,2-3,8-9H2,1H3,(H,16,17)/t10-,12-,14-/m1/s1. The van der Waals surface area contributed by atoms with Crippen molar-refractivity contribution in [2.24, 2.45) is 11.8 Å². The highest BCUT2D eigenvalue weighted by Crippen LogP contribution is 2.44. The van der Waals surface area contributed by atoms with E-state index in [0.717, 1.165) is 23.1 Å². The lowest BCUT2D eigenvalue weighted by molar-refractivity contribution is 0.0923. The number of amides is 1. The molecule has 2 bridgehead atoms. The molecule has 0 radical (unpaired) electrons. The topological polar surface area (TPSA) is 38.3 Å². The van der Waals surface area contributed by atoms with Gasteiger partial charge in [0.25, 0.3) is 5.91 Å². The zero-order valence-corrected chi connectivity index (χ0v) is 10.7. The Labute approximate surface area is 108 Å². The molecule has 96 valence electrons. The average molecular weight is 245 g/mol. The lowest BCUT2D eigenvalue weighted by Gasteiger charge is -2.22. The number of fused-ring (bicyclic) bond motifs is 2. The molecule has 0 saturated heterocycles. The fraction of sp³-hybridized carbons (Fsp3) is 0.533. The van der Waals surface area contributed by atoms with Crippen molar-refractivity contribution >= 4 is 5.91 Å². The molecule has 1 aromatic carbocycles. The van der Waals surface area contributed by atoms with Crippen LogP contribution in [0.5, 0.6) is 5.75 Å². The fourth-order valence-corrected chi connectivity index (χ4v) is 3.42. The summed E-state index contributed by atoms with van der Waals surface area (Å²) in [5.41, 5.74) is 0.721. The third kappa shape index (κ3) is 2.09. The van der Waals surface area contributed by atoms with Crippen molar-refractivity contribution in [2.45, 2.75) is 31.7 Å². The Bertz CT molecular complexity index is 440. The predicted octanol–water partition coefficient (Wildman–Crippen LogP) is 2.61. The maximum atomic E-state index is 12.1. The number of benzene rings is 1. The maximum Gasteiger partial charge on any atom is 0.251 e. The smallest absolute Gasteiger partial charge is 0.251 e. The van der Waals surface area contributed by atoms with Crippen molar-refractivity contribution in [3.05, 3.63) is 29.8 Å². The van der Waals surface area contributed by atoms with E-state index in [2.05, 4.69) is 5.32 Å². The molecule has 18 heavy (non-hydrogen) atoms. The van der Waals surface area contributed by atoms with Crippen LogP contribution in [0.1, 0.15) is 36.0 Å². The highest BCUT2D eigenvalue weighted by Gasteiger charge is 2.40. The Morgan fingerprint density at radius 1 is 1.22 bits per heavy atom. The lowest BCUT2D eigenvalue weighted by Crippen LogP contribution is -2.38. The minimum atomic E-state index is 0.0511. The summed E-state index contributed by atoms with van der Waals surface area (Å²) in [6.45, 7) is 0. The van der Waals surface area contributed by atoms with Gasteiger partial charge in [0.1, 0.15) is 5.75 Å². The quantitative estimate of drug-likeness (QED) is 0.889. The summed E-state index contributed by atoms with van der Waals surface area (Å²) < 4.78 is 5.09. The number of carbonyl (C=O) groups excluding carboxylic acids is 1. The Hall–Kier alpha value is -1.51. The number of ether oxygens (including phenoxy) is 1. The molecule has 2 aliphatic carbocycles. The molecule has 1 amide bonds. The minimum Gasteiger partial charge on any atom is -0.497 e. The van der Waals surface area contributed by atoms with Crippen LogP contribution in [0.25, 0.3) is 0 Å². The van der Waals surface area contributed by atoms with E-state index in [4.69, 9.17) is 4.74 Å². The van der Waals surface area contributed by atoms with Gasteiger partial charge in [-0.15, -0.1) is 0 Å². The highest BCUT2D eigenvalue weighted by molar-refractivity contribution is 5.94. The Morgan fingerprint density at radius 3 is 2.56 bits per heavy atom. The molecule has 2 aliphatic rings. The largest absolute Gasteiger partial charge is 0.497 e. The SMILES string of the molecule is COc1ccc(C(=O)N[C@@H]2C[C@@H]3CC[C@@H]2C3)cc1. The molecule has 0 aromatic heterocycles.